The van der Waals surface area contributed by atoms with Crippen LogP contribution in [0.2, 0.25) is 0 Å². The first-order chi connectivity index (χ1) is 14.7. The van der Waals surface area contributed by atoms with Crippen LogP contribution in [0.4, 0.5) is 20.4 Å². The molecular weight excluding hydrogens is 406 g/mol. The Hall–Kier alpha value is -3.42. The molecule has 3 aromatic rings. The molecule has 0 radical (unpaired) electrons. The molecule has 162 valence electrons. The van der Waals surface area contributed by atoms with E-state index in [1.807, 2.05) is 19.9 Å². The van der Waals surface area contributed by atoms with Crippen molar-refractivity contribution in [2.45, 2.75) is 32.2 Å². The molecule has 1 aliphatic rings. The van der Waals surface area contributed by atoms with Gasteiger partial charge in [0.1, 0.15) is 5.58 Å². The van der Waals surface area contributed by atoms with E-state index in [-0.39, 0.29) is 30.0 Å². The predicted octanol–water partition coefficient (Wildman–Crippen LogP) is 4.47. The number of hydrogen-bond acceptors (Lipinski definition) is 5. The molecule has 1 aliphatic heterocycles. The van der Waals surface area contributed by atoms with Gasteiger partial charge >= 0.3 is 5.97 Å². The lowest BCUT2D eigenvalue weighted by atomic mass is 10.0. The van der Waals surface area contributed by atoms with E-state index in [4.69, 9.17) is 4.42 Å². The van der Waals surface area contributed by atoms with Crippen LogP contribution in [0.15, 0.2) is 51.7 Å². The number of carboxylic acid groups (broad SMARTS) is 1. The lowest BCUT2D eigenvalue weighted by Crippen LogP contribution is -2.22. The van der Waals surface area contributed by atoms with E-state index >= 15 is 0 Å². The molecule has 1 saturated heterocycles. The summed E-state index contributed by atoms with van der Waals surface area (Å²) in [5, 5.41) is 13.0. The van der Waals surface area contributed by atoms with Crippen LogP contribution in [0, 0.1) is 6.92 Å². The van der Waals surface area contributed by atoms with Gasteiger partial charge in [-0.25, -0.2) is 13.6 Å². The summed E-state index contributed by atoms with van der Waals surface area (Å²) in [4.78, 5) is 25.7. The van der Waals surface area contributed by atoms with Crippen LogP contribution in [0.3, 0.4) is 0 Å². The van der Waals surface area contributed by atoms with E-state index in [0.717, 1.165) is 5.56 Å². The summed E-state index contributed by atoms with van der Waals surface area (Å²) < 4.78 is 33.3. The zero-order valence-corrected chi connectivity index (χ0v) is 17.1. The zero-order valence-electron chi connectivity index (χ0n) is 17.1. The number of fused-ring (bicyclic) bond motifs is 1. The Morgan fingerprint density at radius 3 is 2.55 bits per heavy atom. The molecule has 1 fully saturated rings. The quantitative estimate of drug-likeness (QED) is 0.624. The Labute approximate surface area is 177 Å². The largest absolute Gasteiger partial charge is 0.478 e. The summed E-state index contributed by atoms with van der Waals surface area (Å²) in [6, 6.07) is 10.9. The Kier molecular flexibility index (Phi) is 5.39. The van der Waals surface area contributed by atoms with Crippen molar-refractivity contribution in [1.29, 1.82) is 0 Å². The number of aryl methyl sites for hydroxylation is 1. The van der Waals surface area contributed by atoms with Gasteiger partial charge in [0.25, 0.3) is 0 Å². The van der Waals surface area contributed by atoms with E-state index in [9.17, 15) is 23.5 Å². The summed E-state index contributed by atoms with van der Waals surface area (Å²) in [7, 11) is 0. The summed E-state index contributed by atoms with van der Waals surface area (Å²) >= 11 is 0. The number of benzene rings is 2. The summed E-state index contributed by atoms with van der Waals surface area (Å²) in [6.07, 6.45) is -3.27. The molecule has 0 saturated carbocycles. The van der Waals surface area contributed by atoms with Gasteiger partial charge in [-0.15, -0.1) is 0 Å². The van der Waals surface area contributed by atoms with Gasteiger partial charge in [0.15, 0.2) is 23.7 Å². The Balaban J connectivity index is 1.78. The standard InChI is InChI=1S/C23H22F2N2O4/c1-12-7-15(13(2)26-19-6-4-3-5-14(19)23(29)30)22-16(8-12)20(28)9-21(31-22)27-10-17(24)18(25)11-27/h3-9,13,17-18,26H,10-11H2,1-2H3,(H,29,30)/t13?,17-,18-/m1/s1. The van der Waals surface area contributed by atoms with Gasteiger partial charge in [-0.1, -0.05) is 18.2 Å². The van der Waals surface area contributed by atoms with Crippen LogP contribution in [-0.2, 0) is 0 Å². The molecule has 6 nitrogen and oxygen atoms in total. The van der Waals surface area contributed by atoms with Crippen LogP contribution in [0.1, 0.15) is 34.5 Å². The monoisotopic (exact) mass is 428 g/mol. The number of anilines is 2. The number of carboxylic acids is 1. The molecule has 31 heavy (non-hydrogen) atoms. The fourth-order valence-corrected chi connectivity index (χ4v) is 3.91. The number of nitrogens with one attached hydrogen (secondary N) is 1. The first-order valence-corrected chi connectivity index (χ1v) is 9.95. The molecule has 4 rings (SSSR count). The number of aromatic carboxylic acids is 1. The van der Waals surface area contributed by atoms with Crippen molar-refractivity contribution in [3.8, 4) is 0 Å². The number of alkyl halides is 2. The fraction of sp³-hybridized carbons (Fsp3) is 0.304. The maximum atomic E-state index is 13.7. The molecule has 1 unspecified atom stereocenters. The zero-order chi connectivity index (χ0) is 22.3. The van der Waals surface area contributed by atoms with Gasteiger partial charge < -0.3 is 19.7 Å². The van der Waals surface area contributed by atoms with E-state index < -0.39 is 24.4 Å². The average molecular weight is 428 g/mol. The SMILES string of the molecule is Cc1cc(C(C)Nc2ccccc2C(=O)O)c2oc(N3C[C@@H](F)[C@H](F)C3)cc(=O)c2c1. The smallest absolute Gasteiger partial charge is 0.337 e. The number of rotatable bonds is 5. The molecule has 3 atom stereocenters. The molecule has 2 N–H and O–H groups in total. The van der Waals surface area contributed by atoms with Crippen molar-refractivity contribution in [2.75, 3.05) is 23.3 Å². The maximum absolute atomic E-state index is 13.7. The second-order valence-electron chi connectivity index (χ2n) is 7.83. The molecular formula is C23H22F2N2O4. The number of halogens is 2. The van der Waals surface area contributed by atoms with E-state index in [0.29, 0.717) is 22.2 Å². The number of para-hydroxylation sites is 1. The van der Waals surface area contributed by atoms with Crippen molar-refractivity contribution >= 4 is 28.5 Å². The van der Waals surface area contributed by atoms with Crippen LogP contribution in [0.5, 0.6) is 0 Å². The molecule has 2 heterocycles. The fourth-order valence-electron chi connectivity index (χ4n) is 3.91. The van der Waals surface area contributed by atoms with Gasteiger partial charge in [0, 0.05) is 17.3 Å². The van der Waals surface area contributed by atoms with Crippen LogP contribution >= 0.6 is 0 Å². The highest BCUT2D eigenvalue weighted by Crippen LogP contribution is 2.32. The minimum absolute atomic E-state index is 0.114. The third-order valence-corrected chi connectivity index (χ3v) is 5.48. The number of carbonyl (C=O) groups is 1. The first kappa shape index (κ1) is 20.8. The molecule has 0 bridgehead atoms. The molecule has 8 heteroatoms. The van der Waals surface area contributed by atoms with Crippen LogP contribution in [0.25, 0.3) is 11.0 Å². The highest BCUT2D eigenvalue weighted by Gasteiger charge is 2.34. The molecule has 0 amide bonds. The summed E-state index contributed by atoms with van der Waals surface area (Å²) in [5.74, 6) is -0.947. The first-order valence-electron chi connectivity index (χ1n) is 9.95. The summed E-state index contributed by atoms with van der Waals surface area (Å²) in [5.41, 5.74) is 2.01. The summed E-state index contributed by atoms with van der Waals surface area (Å²) in [6.45, 7) is 3.30. The van der Waals surface area contributed by atoms with Gasteiger partial charge in [-0.2, -0.15) is 0 Å². The second kappa shape index (κ2) is 8.02. The Morgan fingerprint density at radius 1 is 1.19 bits per heavy atom. The van der Waals surface area contributed by atoms with Crippen LogP contribution in [-0.4, -0.2) is 36.5 Å². The number of hydrogen-bond donors (Lipinski definition) is 2. The van der Waals surface area contributed by atoms with Crippen molar-refractivity contribution in [3.05, 3.63) is 69.4 Å². The van der Waals surface area contributed by atoms with Gasteiger partial charge in [0.2, 0.25) is 0 Å². The highest BCUT2D eigenvalue weighted by atomic mass is 19.2. The van der Waals surface area contributed by atoms with Crippen LogP contribution < -0.4 is 15.6 Å². The average Bonchev–Trinajstić information content (AvgIpc) is 3.06. The van der Waals surface area contributed by atoms with Gasteiger partial charge in [-0.3, -0.25) is 4.79 Å². The Morgan fingerprint density at radius 2 is 1.87 bits per heavy atom. The minimum atomic E-state index is -1.63. The normalized spacial score (nSPS) is 19.5. The van der Waals surface area contributed by atoms with E-state index in [1.54, 1.807) is 24.3 Å². The third-order valence-electron chi connectivity index (χ3n) is 5.48. The van der Waals surface area contributed by atoms with Gasteiger partial charge in [0.05, 0.1) is 30.1 Å². The minimum Gasteiger partial charge on any atom is -0.478 e. The topological polar surface area (TPSA) is 82.8 Å². The van der Waals surface area contributed by atoms with E-state index in [1.165, 1.54) is 17.0 Å². The van der Waals surface area contributed by atoms with Crippen molar-refractivity contribution in [1.82, 2.24) is 0 Å². The lowest BCUT2D eigenvalue weighted by molar-refractivity contribution is 0.0698. The third kappa shape index (κ3) is 3.97. The second-order valence-corrected chi connectivity index (χ2v) is 7.83. The maximum Gasteiger partial charge on any atom is 0.337 e. The highest BCUT2D eigenvalue weighted by molar-refractivity contribution is 5.94. The van der Waals surface area contributed by atoms with Crippen molar-refractivity contribution in [2.24, 2.45) is 0 Å². The Bertz CT molecular complexity index is 1200. The predicted molar refractivity (Wildman–Crippen MR) is 115 cm³/mol. The van der Waals surface area contributed by atoms with Crippen molar-refractivity contribution < 1.29 is 23.1 Å². The molecule has 1 aromatic heterocycles. The van der Waals surface area contributed by atoms with Crippen molar-refractivity contribution in [3.63, 3.8) is 0 Å². The molecule has 2 aromatic carbocycles. The lowest BCUT2D eigenvalue weighted by Gasteiger charge is -2.21. The molecule has 0 spiro atoms. The van der Waals surface area contributed by atoms with E-state index in [2.05, 4.69) is 5.32 Å². The van der Waals surface area contributed by atoms with Gasteiger partial charge in [-0.05, 0) is 37.6 Å². The molecule has 0 aliphatic carbocycles. The number of nitrogens with zero attached hydrogens (tertiary/aromatic N) is 1.